The van der Waals surface area contributed by atoms with E-state index in [1.165, 1.54) is 24.8 Å². The lowest BCUT2D eigenvalue weighted by molar-refractivity contribution is 0.336. The Morgan fingerprint density at radius 3 is 2.70 bits per heavy atom. The second-order valence-corrected chi connectivity index (χ2v) is 6.51. The molecule has 1 aromatic rings. The van der Waals surface area contributed by atoms with Gasteiger partial charge in [-0.1, -0.05) is 36.2 Å². The van der Waals surface area contributed by atoms with Crippen molar-refractivity contribution in [3.8, 4) is 5.75 Å². The van der Waals surface area contributed by atoms with Gasteiger partial charge < -0.3 is 10.1 Å². The summed E-state index contributed by atoms with van der Waals surface area (Å²) in [6.45, 7) is 9.51. The highest BCUT2D eigenvalue weighted by molar-refractivity contribution is 9.10. The molecule has 0 aliphatic rings. The Balaban J connectivity index is 2.25. The van der Waals surface area contributed by atoms with Crippen LogP contribution in [0.25, 0.3) is 0 Å². The fraction of sp³-hybridized carbons (Fsp3) is 0.647. The second-order valence-electron chi connectivity index (χ2n) is 5.59. The summed E-state index contributed by atoms with van der Waals surface area (Å²) >= 11 is 3.54. The van der Waals surface area contributed by atoms with Crippen molar-refractivity contribution in [2.45, 2.75) is 46.5 Å². The molecule has 1 N–H and O–H groups in total. The van der Waals surface area contributed by atoms with Crippen molar-refractivity contribution >= 4 is 15.9 Å². The third-order valence-electron chi connectivity index (χ3n) is 3.17. The zero-order valence-electron chi connectivity index (χ0n) is 13.0. The zero-order valence-corrected chi connectivity index (χ0v) is 14.6. The molecule has 20 heavy (non-hydrogen) atoms. The lowest BCUT2D eigenvalue weighted by atomic mass is 10.1. The number of unbranched alkanes of at least 4 members (excludes halogenated alkanes) is 2. The number of hydrogen-bond acceptors (Lipinski definition) is 2. The standard InChI is InChI=1S/C17H28BrNO/c1-4-20-17-10-9-16(18)12-15(17)8-6-5-7-11-19-13-14(2)3/h9-10,12,14,19H,4-8,11,13H2,1-3H3. The zero-order chi connectivity index (χ0) is 14.8. The molecule has 0 heterocycles. The van der Waals surface area contributed by atoms with Crippen LogP contribution < -0.4 is 10.1 Å². The molecule has 0 aliphatic carbocycles. The van der Waals surface area contributed by atoms with Crippen molar-refractivity contribution < 1.29 is 4.74 Å². The second kappa shape index (κ2) is 10.2. The lowest BCUT2D eigenvalue weighted by Gasteiger charge is -2.11. The van der Waals surface area contributed by atoms with Crippen LogP contribution in [0, 0.1) is 5.92 Å². The summed E-state index contributed by atoms with van der Waals surface area (Å²) < 4.78 is 6.81. The molecule has 114 valence electrons. The van der Waals surface area contributed by atoms with Crippen LogP contribution in [-0.4, -0.2) is 19.7 Å². The Bertz CT molecular complexity index is 379. The van der Waals surface area contributed by atoms with E-state index in [1.807, 2.05) is 13.0 Å². The molecular weight excluding hydrogens is 314 g/mol. The van der Waals surface area contributed by atoms with Crippen LogP contribution in [0.5, 0.6) is 5.75 Å². The fourth-order valence-corrected chi connectivity index (χ4v) is 2.58. The number of aryl methyl sites for hydroxylation is 1. The molecule has 0 radical (unpaired) electrons. The van der Waals surface area contributed by atoms with Gasteiger partial charge >= 0.3 is 0 Å². The van der Waals surface area contributed by atoms with Crippen LogP contribution in [0.1, 0.15) is 45.6 Å². The van der Waals surface area contributed by atoms with E-state index in [9.17, 15) is 0 Å². The van der Waals surface area contributed by atoms with E-state index >= 15 is 0 Å². The first-order chi connectivity index (χ1) is 9.63. The maximum absolute atomic E-state index is 5.68. The molecule has 1 rings (SSSR count). The van der Waals surface area contributed by atoms with E-state index in [-0.39, 0.29) is 0 Å². The van der Waals surface area contributed by atoms with Gasteiger partial charge in [-0.2, -0.15) is 0 Å². The largest absolute Gasteiger partial charge is 0.494 e. The van der Waals surface area contributed by atoms with E-state index in [1.54, 1.807) is 0 Å². The Hall–Kier alpha value is -0.540. The van der Waals surface area contributed by atoms with Gasteiger partial charge in [0, 0.05) is 4.47 Å². The van der Waals surface area contributed by atoms with E-state index in [2.05, 4.69) is 47.2 Å². The minimum absolute atomic E-state index is 0.730. The fourth-order valence-electron chi connectivity index (χ4n) is 2.17. The molecule has 0 atom stereocenters. The average Bonchev–Trinajstić information content (AvgIpc) is 2.40. The number of ether oxygens (including phenoxy) is 1. The van der Waals surface area contributed by atoms with Crippen molar-refractivity contribution in [1.29, 1.82) is 0 Å². The van der Waals surface area contributed by atoms with Gasteiger partial charge in [0.15, 0.2) is 0 Å². The van der Waals surface area contributed by atoms with Crippen molar-refractivity contribution in [2.24, 2.45) is 5.92 Å². The van der Waals surface area contributed by atoms with E-state index < -0.39 is 0 Å². The predicted molar refractivity (Wildman–Crippen MR) is 90.6 cm³/mol. The molecular formula is C17H28BrNO. The molecule has 0 fully saturated rings. The van der Waals surface area contributed by atoms with Crippen LogP contribution in [0.15, 0.2) is 22.7 Å². The first kappa shape index (κ1) is 17.5. The van der Waals surface area contributed by atoms with Crippen molar-refractivity contribution in [3.63, 3.8) is 0 Å². The summed E-state index contributed by atoms with van der Waals surface area (Å²) in [6.07, 6.45) is 4.84. The Kier molecular flexibility index (Phi) is 8.95. The Labute approximate surface area is 132 Å². The van der Waals surface area contributed by atoms with Gasteiger partial charge in [-0.25, -0.2) is 0 Å². The van der Waals surface area contributed by atoms with Crippen molar-refractivity contribution in [2.75, 3.05) is 19.7 Å². The maximum Gasteiger partial charge on any atom is 0.122 e. The molecule has 0 bridgehead atoms. The van der Waals surface area contributed by atoms with E-state index in [0.717, 1.165) is 42.3 Å². The monoisotopic (exact) mass is 341 g/mol. The molecule has 0 unspecified atom stereocenters. The molecule has 0 saturated carbocycles. The van der Waals surface area contributed by atoms with Crippen LogP contribution in [-0.2, 0) is 6.42 Å². The highest BCUT2D eigenvalue weighted by Gasteiger charge is 2.04. The number of halogens is 1. The van der Waals surface area contributed by atoms with Gasteiger partial charge in [-0.05, 0) is 69.0 Å². The first-order valence-corrected chi connectivity index (χ1v) is 8.54. The number of rotatable bonds is 10. The highest BCUT2D eigenvalue weighted by atomic mass is 79.9. The molecule has 0 aromatic heterocycles. The quantitative estimate of drug-likeness (QED) is 0.616. The van der Waals surface area contributed by atoms with Crippen LogP contribution in [0.3, 0.4) is 0 Å². The highest BCUT2D eigenvalue weighted by Crippen LogP contribution is 2.25. The van der Waals surface area contributed by atoms with Crippen molar-refractivity contribution in [3.05, 3.63) is 28.2 Å². The summed E-state index contributed by atoms with van der Waals surface area (Å²) in [7, 11) is 0. The Morgan fingerprint density at radius 2 is 2.00 bits per heavy atom. The van der Waals surface area contributed by atoms with Gasteiger partial charge in [-0.15, -0.1) is 0 Å². The first-order valence-electron chi connectivity index (χ1n) is 7.75. The molecule has 2 nitrogen and oxygen atoms in total. The van der Waals surface area contributed by atoms with Crippen LogP contribution >= 0.6 is 15.9 Å². The number of nitrogens with one attached hydrogen (secondary N) is 1. The summed E-state index contributed by atoms with van der Waals surface area (Å²) in [5.74, 6) is 1.78. The van der Waals surface area contributed by atoms with Gasteiger partial charge in [-0.3, -0.25) is 0 Å². The summed E-state index contributed by atoms with van der Waals surface area (Å²) in [5, 5.41) is 3.49. The third-order valence-corrected chi connectivity index (χ3v) is 3.67. The smallest absolute Gasteiger partial charge is 0.122 e. The van der Waals surface area contributed by atoms with Gasteiger partial charge in [0.05, 0.1) is 6.61 Å². The van der Waals surface area contributed by atoms with Crippen LogP contribution in [0.4, 0.5) is 0 Å². The predicted octanol–water partition coefficient (Wildman–Crippen LogP) is 4.81. The molecule has 0 aliphatic heterocycles. The van der Waals surface area contributed by atoms with E-state index in [0.29, 0.717) is 0 Å². The molecule has 0 saturated heterocycles. The van der Waals surface area contributed by atoms with Crippen LogP contribution in [0.2, 0.25) is 0 Å². The topological polar surface area (TPSA) is 21.3 Å². The summed E-state index contributed by atoms with van der Waals surface area (Å²) in [5.41, 5.74) is 1.32. The third kappa shape index (κ3) is 7.30. The Morgan fingerprint density at radius 1 is 1.20 bits per heavy atom. The minimum atomic E-state index is 0.730. The summed E-state index contributed by atoms with van der Waals surface area (Å²) in [4.78, 5) is 0. The minimum Gasteiger partial charge on any atom is -0.494 e. The maximum atomic E-state index is 5.68. The molecule has 0 amide bonds. The van der Waals surface area contributed by atoms with Gasteiger partial charge in [0.25, 0.3) is 0 Å². The van der Waals surface area contributed by atoms with Gasteiger partial charge in [0.1, 0.15) is 5.75 Å². The molecule has 0 spiro atoms. The normalized spacial score (nSPS) is 11.1. The number of hydrogen-bond donors (Lipinski definition) is 1. The molecule has 3 heteroatoms. The lowest BCUT2D eigenvalue weighted by Crippen LogP contribution is -2.20. The average molecular weight is 342 g/mol. The SMILES string of the molecule is CCOc1ccc(Br)cc1CCCCCNCC(C)C. The summed E-state index contributed by atoms with van der Waals surface area (Å²) in [6, 6.07) is 6.29. The van der Waals surface area contributed by atoms with Crippen molar-refractivity contribution in [1.82, 2.24) is 5.32 Å². The van der Waals surface area contributed by atoms with E-state index in [4.69, 9.17) is 4.74 Å². The molecule has 1 aromatic carbocycles. The van der Waals surface area contributed by atoms with Gasteiger partial charge in [0.2, 0.25) is 0 Å². The number of benzene rings is 1.